The number of H-pyrrole nitrogens is 1. The van der Waals surface area contributed by atoms with Gasteiger partial charge in [0.1, 0.15) is 5.69 Å². The maximum atomic E-state index is 12.5. The second-order valence-corrected chi connectivity index (χ2v) is 7.59. The van der Waals surface area contributed by atoms with Crippen molar-refractivity contribution in [3.63, 3.8) is 0 Å². The summed E-state index contributed by atoms with van der Waals surface area (Å²) in [5, 5.41) is 11.4. The third-order valence-electron chi connectivity index (χ3n) is 5.52. The van der Waals surface area contributed by atoms with Gasteiger partial charge in [-0.2, -0.15) is 10.1 Å². The topological polar surface area (TPSA) is 87.9 Å². The van der Waals surface area contributed by atoms with Crippen molar-refractivity contribution >= 4 is 5.91 Å². The quantitative estimate of drug-likeness (QED) is 0.549. The largest absolute Gasteiger partial charge is 0.338 e. The minimum atomic E-state index is -0.0736. The number of aromatic amines is 1. The van der Waals surface area contributed by atoms with E-state index >= 15 is 0 Å². The number of rotatable bonds is 5. The highest BCUT2D eigenvalue weighted by molar-refractivity contribution is 5.79. The number of benzene rings is 2. The molecule has 150 valence electrons. The molecule has 1 unspecified atom stereocenters. The molecule has 4 aromatic rings. The van der Waals surface area contributed by atoms with E-state index in [1.807, 2.05) is 53.4 Å². The van der Waals surface area contributed by atoms with Gasteiger partial charge in [-0.3, -0.25) is 9.89 Å². The van der Waals surface area contributed by atoms with Crippen LogP contribution in [0.4, 0.5) is 0 Å². The van der Waals surface area contributed by atoms with E-state index in [0.29, 0.717) is 36.9 Å². The number of likely N-dealkylation sites (tertiary alicyclic amines) is 1. The van der Waals surface area contributed by atoms with Crippen LogP contribution in [0.3, 0.4) is 0 Å². The summed E-state index contributed by atoms with van der Waals surface area (Å²) in [6, 6.07) is 19.9. The van der Waals surface area contributed by atoms with E-state index in [4.69, 9.17) is 4.52 Å². The Kier molecular flexibility index (Phi) is 4.63. The van der Waals surface area contributed by atoms with Crippen LogP contribution in [0.25, 0.3) is 22.8 Å². The maximum Gasteiger partial charge on any atom is 0.275 e. The number of nitrogens with one attached hydrogen (secondary N) is 1. The number of aryl methyl sites for hydroxylation is 1. The number of hydrogen-bond acceptors (Lipinski definition) is 5. The van der Waals surface area contributed by atoms with Gasteiger partial charge in [-0.25, -0.2) is 0 Å². The fraction of sp³-hybridized carbons (Fsp3) is 0.217. The van der Waals surface area contributed by atoms with Crippen LogP contribution in [0.1, 0.15) is 29.3 Å². The molecular weight excluding hydrogens is 378 g/mol. The van der Waals surface area contributed by atoms with Crippen LogP contribution in [0.15, 0.2) is 65.2 Å². The lowest BCUT2D eigenvalue weighted by Gasteiger charge is -2.17. The average molecular weight is 399 g/mol. The van der Waals surface area contributed by atoms with Crippen LogP contribution in [0, 0.1) is 6.92 Å². The van der Waals surface area contributed by atoms with E-state index in [2.05, 4.69) is 39.4 Å². The number of aromatic nitrogens is 4. The maximum absolute atomic E-state index is 12.5. The van der Waals surface area contributed by atoms with E-state index in [9.17, 15) is 4.79 Å². The van der Waals surface area contributed by atoms with Crippen LogP contribution in [0.2, 0.25) is 0 Å². The van der Waals surface area contributed by atoms with Crippen LogP contribution >= 0.6 is 0 Å². The van der Waals surface area contributed by atoms with Crippen molar-refractivity contribution in [1.82, 2.24) is 25.2 Å². The molecule has 3 heterocycles. The molecule has 1 aliphatic rings. The minimum Gasteiger partial charge on any atom is -0.338 e. The highest BCUT2D eigenvalue weighted by Gasteiger charge is 2.34. The van der Waals surface area contributed by atoms with Crippen molar-refractivity contribution in [2.75, 3.05) is 6.54 Å². The Labute approximate surface area is 173 Å². The lowest BCUT2D eigenvalue weighted by atomic mass is 10.1. The predicted molar refractivity (Wildman–Crippen MR) is 111 cm³/mol. The van der Waals surface area contributed by atoms with Crippen molar-refractivity contribution in [3.05, 3.63) is 77.6 Å². The van der Waals surface area contributed by atoms with E-state index in [0.717, 1.165) is 16.8 Å². The lowest BCUT2D eigenvalue weighted by molar-refractivity contribution is -0.128. The van der Waals surface area contributed by atoms with Crippen molar-refractivity contribution in [2.45, 2.75) is 25.8 Å². The molecular formula is C23H21N5O2. The molecule has 1 saturated heterocycles. The van der Waals surface area contributed by atoms with E-state index in [1.54, 1.807) is 0 Å². The summed E-state index contributed by atoms with van der Waals surface area (Å²) < 4.78 is 5.46. The van der Waals surface area contributed by atoms with Crippen molar-refractivity contribution in [1.29, 1.82) is 0 Å². The Bertz CT molecular complexity index is 1180. The second kappa shape index (κ2) is 7.59. The molecule has 2 aromatic carbocycles. The predicted octanol–water partition coefficient (Wildman–Crippen LogP) is 3.95. The molecule has 1 fully saturated rings. The Balaban J connectivity index is 1.31. The Hall–Kier alpha value is -3.74. The smallest absolute Gasteiger partial charge is 0.275 e. The molecule has 0 radical (unpaired) electrons. The third-order valence-corrected chi connectivity index (χ3v) is 5.52. The van der Waals surface area contributed by atoms with Gasteiger partial charge in [0.2, 0.25) is 5.91 Å². The Morgan fingerprint density at radius 1 is 1.13 bits per heavy atom. The van der Waals surface area contributed by atoms with E-state index in [1.165, 1.54) is 5.56 Å². The molecule has 2 aromatic heterocycles. The van der Waals surface area contributed by atoms with Crippen LogP contribution in [-0.2, 0) is 11.3 Å². The van der Waals surface area contributed by atoms with Crippen molar-refractivity contribution in [2.24, 2.45) is 0 Å². The first kappa shape index (κ1) is 18.3. The SMILES string of the molecule is Cc1ccccc1CN1CC(c2noc(-c3cc(-c4ccccc4)n[nH]3)n2)CC1=O. The highest BCUT2D eigenvalue weighted by Crippen LogP contribution is 2.30. The zero-order chi connectivity index (χ0) is 20.5. The van der Waals surface area contributed by atoms with Crippen molar-refractivity contribution in [3.8, 4) is 22.8 Å². The molecule has 7 heteroatoms. The van der Waals surface area contributed by atoms with Crippen LogP contribution in [0.5, 0.6) is 0 Å². The second-order valence-electron chi connectivity index (χ2n) is 7.59. The molecule has 0 saturated carbocycles. The van der Waals surface area contributed by atoms with Crippen LogP contribution in [-0.4, -0.2) is 37.7 Å². The van der Waals surface area contributed by atoms with Gasteiger partial charge < -0.3 is 9.42 Å². The summed E-state index contributed by atoms with van der Waals surface area (Å²) in [5.41, 5.74) is 4.82. The molecule has 0 bridgehead atoms. The highest BCUT2D eigenvalue weighted by atomic mass is 16.5. The number of carbonyl (C=O) groups excluding carboxylic acids is 1. The number of amides is 1. The summed E-state index contributed by atoms with van der Waals surface area (Å²) in [5.74, 6) is 0.976. The van der Waals surface area contributed by atoms with Gasteiger partial charge in [-0.1, -0.05) is 59.8 Å². The Morgan fingerprint density at radius 2 is 1.93 bits per heavy atom. The van der Waals surface area contributed by atoms with Gasteiger partial charge in [0, 0.05) is 31.0 Å². The summed E-state index contributed by atoms with van der Waals surface area (Å²) in [4.78, 5) is 18.9. The molecule has 1 amide bonds. The van der Waals surface area contributed by atoms with Crippen molar-refractivity contribution < 1.29 is 9.32 Å². The number of carbonyl (C=O) groups is 1. The number of nitrogens with zero attached hydrogens (tertiary/aromatic N) is 4. The summed E-state index contributed by atoms with van der Waals surface area (Å²) in [6.07, 6.45) is 0.392. The molecule has 1 atom stereocenters. The van der Waals surface area contributed by atoms with Gasteiger partial charge in [-0.15, -0.1) is 0 Å². The van der Waals surface area contributed by atoms with Crippen LogP contribution < -0.4 is 0 Å². The molecule has 7 nitrogen and oxygen atoms in total. The van der Waals surface area contributed by atoms with E-state index < -0.39 is 0 Å². The molecule has 0 aliphatic carbocycles. The summed E-state index contributed by atoms with van der Waals surface area (Å²) >= 11 is 0. The Morgan fingerprint density at radius 3 is 2.77 bits per heavy atom. The van der Waals surface area contributed by atoms with Gasteiger partial charge in [0.05, 0.1) is 5.69 Å². The first-order chi connectivity index (χ1) is 14.7. The van der Waals surface area contributed by atoms with E-state index in [-0.39, 0.29) is 11.8 Å². The normalized spacial score (nSPS) is 16.4. The molecule has 5 rings (SSSR count). The lowest BCUT2D eigenvalue weighted by Crippen LogP contribution is -2.24. The molecule has 30 heavy (non-hydrogen) atoms. The third kappa shape index (κ3) is 3.50. The zero-order valence-electron chi connectivity index (χ0n) is 16.6. The first-order valence-corrected chi connectivity index (χ1v) is 9.94. The fourth-order valence-electron chi connectivity index (χ4n) is 3.79. The molecule has 1 N–H and O–H groups in total. The summed E-state index contributed by atoms with van der Waals surface area (Å²) in [7, 11) is 0. The minimum absolute atomic E-state index is 0.0736. The fourth-order valence-corrected chi connectivity index (χ4v) is 3.79. The average Bonchev–Trinajstić information content (AvgIpc) is 3.50. The molecule has 1 aliphatic heterocycles. The monoisotopic (exact) mass is 399 g/mol. The number of hydrogen-bond donors (Lipinski definition) is 1. The van der Waals surface area contributed by atoms with Gasteiger partial charge in [0.15, 0.2) is 5.82 Å². The zero-order valence-corrected chi connectivity index (χ0v) is 16.6. The first-order valence-electron chi connectivity index (χ1n) is 9.94. The summed E-state index contributed by atoms with van der Waals surface area (Å²) in [6.45, 7) is 3.25. The standard InChI is InChI=1S/C23H21N5O2/c1-15-7-5-6-10-17(15)13-28-14-18(11-21(28)29)22-24-23(30-27-22)20-12-19(25-26-20)16-8-3-2-4-9-16/h2-10,12,18H,11,13-14H2,1H3,(H,25,26). The van der Waals surface area contributed by atoms with Gasteiger partial charge >= 0.3 is 0 Å². The van der Waals surface area contributed by atoms with Gasteiger partial charge in [-0.05, 0) is 24.1 Å². The van der Waals surface area contributed by atoms with Gasteiger partial charge in [0.25, 0.3) is 5.89 Å². The molecule has 0 spiro atoms.